The Hall–Kier alpha value is -2.86. The molecule has 3 aromatic rings. The van der Waals surface area contributed by atoms with Gasteiger partial charge in [0.15, 0.2) is 0 Å². The first-order valence-electron chi connectivity index (χ1n) is 10.7. The number of aromatic nitrogens is 2. The van der Waals surface area contributed by atoms with Gasteiger partial charge < -0.3 is 14.6 Å². The standard InChI is InChI=1S/C24H30N4O2/c1-3-28-22-9-5-4-8-21(22)26-23(28)17-27-14-6-7-19(16-27)24(29)25-15-18-10-12-20(30-2)13-11-18/h4-5,8-13,19H,3,6-7,14-17H2,1-2H3,(H,25,29)/t19-/m1/s1. The molecular weight excluding hydrogens is 376 g/mol. The Morgan fingerprint density at radius 2 is 2.00 bits per heavy atom. The number of nitrogens with zero attached hydrogens (tertiary/aromatic N) is 3. The lowest BCUT2D eigenvalue weighted by Crippen LogP contribution is -2.42. The van der Waals surface area contributed by atoms with Crippen molar-refractivity contribution in [3.63, 3.8) is 0 Å². The lowest BCUT2D eigenvalue weighted by molar-refractivity contribution is -0.127. The van der Waals surface area contributed by atoms with Gasteiger partial charge in [0.05, 0.1) is 30.6 Å². The molecule has 1 atom stereocenters. The van der Waals surface area contributed by atoms with Crippen LogP contribution in [0.25, 0.3) is 11.0 Å². The smallest absolute Gasteiger partial charge is 0.224 e. The van der Waals surface area contributed by atoms with Crippen LogP contribution in [0.4, 0.5) is 0 Å². The van der Waals surface area contributed by atoms with E-state index in [4.69, 9.17) is 9.72 Å². The second-order valence-corrected chi connectivity index (χ2v) is 7.90. The van der Waals surface area contributed by atoms with Crippen LogP contribution in [-0.2, 0) is 24.4 Å². The van der Waals surface area contributed by atoms with Gasteiger partial charge in [-0.15, -0.1) is 0 Å². The lowest BCUT2D eigenvalue weighted by atomic mass is 9.97. The van der Waals surface area contributed by atoms with Crippen LogP contribution in [0.2, 0.25) is 0 Å². The topological polar surface area (TPSA) is 59.4 Å². The molecule has 0 unspecified atom stereocenters. The maximum atomic E-state index is 12.8. The molecule has 1 saturated heterocycles. The predicted molar refractivity (Wildman–Crippen MR) is 118 cm³/mol. The number of fused-ring (bicyclic) bond motifs is 1. The average molecular weight is 407 g/mol. The predicted octanol–water partition coefficient (Wildman–Crippen LogP) is 3.59. The molecule has 4 rings (SSSR count). The number of para-hydroxylation sites is 2. The second kappa shape index (κ2) is 9.30. The molecule has 0 bridgehead atoms. The van der Waals surface area contributed by atoms with Crippen molar-refractivity contribution in [3.05, 3.63) is 59.9 Å². The van der Waals surface area contributed by atoms with E-state index in [1.807, 2.05) is 30.3 Å². The van der Waals surface area contributed by atoms with Crippen molar-refractivity contribution in [2.75, 3.05) is 20.2 Å². The number of rotatable bonds is 7. The molecule has 30 heavy (non-hydrogen) atoms. The third-order valence-corrected chi connectivity index (χ3v) is 5.92. The van der Waals surface area contributed by atoms with Gasteiger partial charge in [0, 0.05) is 19.6 Å². The quantitative estimate of drug-likeness (QED) is 0.651. The summed E-state index contributed by atoms with van der Waals surface area (Å²) in [6.07, 6.45) is 1.97. The number of aryl methyl sites for hydroxylation is 1. The van der Waals surface area contributed by atoms with Crippen molar-refractivity contribution >= 4 is 16.9 Å². The van der Waals surface area contributed by atoms with Crippen LogP contribution in [0.1, 0.15) is 31.2 Å². The summed E-state index contributed by atoms with van der Waals surface area (Å²) in [7, 11) is 1.65. The molecule has 1 amide bonds. The van der Waals surface area contributed by atoms with E-state index < -0.39 is 0 Å². The summed E-state index contributed by atoms with van der Waals surface area (Å²) in [6.45, 7) is 6.17. The van der Waals surface area contributed by atoms with E-state index in [1.165, 1.54) is 5.52 Å². The largest absolute Gasteiger partial charge is 0.497 e. The molecule has 6 heteroatoms. The van der Waals surface area contributed by atoms with Crippen LogP contribution in [0.15, 0.2) is 48.5 Å². The van der Waals surface area contributed by atoms with E-state index in [0.29, 0.717) is 6.54 Å². The zero-order chi connectivity index (χ0) is 20.9. The van der Waals surface area contributed by atoms with Crippen LogP contribution in [-0.4, -0.2) is 40.6 Å². The van der Waals surface area contributed by atoms with E-state index in [1.54, 1.807) is 7.11 Å². The lowest BCUT2D eigenvalue weighted by Gasteiger charge is -2.31. The van der Waals surface area contributed by atoms with Gasteiger partial charge in [-0.25, -0.2) is 4.98 Å². The van der Waals surface area contributed by atoms with Crippen molar-refractivity contribution in [3.8, 4) is 5.75 Å². The number of nitrogens with one attached hydrogen (secondary N) is 1. The van der Waals surface area contributed by atoms with Crippen molar-refractivity contribution in [1.82, 2.24) is 19.8 Å². The van der Waals surface area contributed by atoms with Crippen molar-refractivity contribution < 1.29 is 9.53 Å². The molecule has 1 fully saturated rings. The summed E-state index contributed by atoms with van der Waals surface area (Å²) in [6, 6.07) is 16.1. The van der Waals surface area contributed by atoms with Crippen molar-refractivity contribution in [2.24, 2.45) is 5.92 Å². The Morgan fingerprint density at radius 3 is 2.77 bits per heavy atom. The molecule has 0 radical (unpaired) electrons. The highest BCUT2D eigenvalue weighted by atomic mass is 16.5. The average Bonchev–Trinajstić information content (AvgIpc) is 3.14. The number of methoxy groups -OCH3 is 1. The Morgan fingerprint density at radius 1 is 1.20 bits per heavy atom. The van der Waals surface area contributed by atoms with E-state index in [-0.39, 0.29) is 11.8 Å². The van der Waals surface area contributed by atoms with E-state index in [9.17, 15) is 4.79 Å². The first-order valence-corrected chi connectivity index (χ1v) is 10.7. The fourth-order valence-electron chi connectivity index (χ4n) is 4.29. The van der Waals surface area contributed by atoms with Crippen molar-refractivity contribution in [1.29, 1.82) is 0 Å². The normalized spacial score (nSPS) is 17.2. The van der Waals surface area contributed by atoms with Gasteiger partial charge in [-0.3, -0.25) is 9.69 Å². The number of carbonyl (C=O) groups is 1. The molecule has 2 heterocycles. The fourth-order valence-corrected chi connectivity index (χ4v) is 4.29. The van der Waals surface area contributed by atoms with Gasteiger partial charge in [-0.2, -0.15) is 0 Å². The molecule has 1 N–H and O–H groups in total. The van der Waals surface area contributed by atoms with E-state index in [0.717, 1.165) is 61.7 Å². The molecule has 0 spiro atoms. The van der Waals surface area contributed by atoms with Gasteiger partial charge in [0.2, 0.25) is 5.91 Å². The molecule has 2 aromatic carbocycles. The zero-order valence-corrected chi connectivity index (χ0v) is 17.8. The molecule has 1 aliphatic rings. The maximum absolute atomic E-state index is 12.8. The Bertz CT molecular complexity index is 996. The first kappa shape index (κ1) is 20.4. The maximum Gasteiger partial charge on any atom is 0.224 e. The van der Waals surface area contributed by atoms with Crippen LogP contribution in [0, 0.1) is 5.92 Å². The number of likely N-dealkylation sites (tertiary alicyclic amines) is 1. The molecule has 1 aromatic heterocycles. The van der Waals surface area contributed by atoms with E-state index >= 15 is 0 Å². The van der Waals surface area contributed by atoms with Gasteiger partial charge in [-0.05, 0) is 56.1 Å². The number of benzene rings is 2. The summed E-state index contributed by atoms with van der Waals surface area (Å²) >= 11 is 0. The SMILES string of the molecule is CCn1c(CN2CCC[C@@H](C(=O)NCc3ccc(OC)cc3)C2)nc2ccccc21. The highest BCUT2D eigenvalue weighted by molar-refractivity contribution is 5.79. The minimum Gasteiger partial charge on any atom is -0.497 e. The highest BCUT2D eigenvalue weighted by Gasteiger charge is 2.26. The number of amides is 1. The second-order valence-electron chi connectivity index (χ2n) is 7.90. The number of piperidine rings is 1. The minimum atomic E-state index is 0.0245. The fraction of sp³-hybridized carbons (Fsp3) is 0.417. The Labute approximate surface area is 177 Å². The molecule has 0 saturated carbocycles. The Kier molecular flexibility index (Phi) is 6.33. The number of hydrogen-bond acceptors (Lipinski definition) is 4. The van der Waals surface area contributed by atoms with Crippen LogP contribution in [0.3, 0.4) is 0 Å². The third kappa shape index (κ3) is 4.49. The number of carbonyl (C=O) groups excluding carboxylic acids is 1. The van der Waals surface area contributed by atoms with Crippen LogP contribution < -0.4 is 10.1 Å². The molecular formula is C24H30N4O2. The third-order valence-electron chi connectivity index (χ3n) is 5.92. The van der Waals surface area contributed by atoms with E-state index in [2.05, 4.69) is 39.9 Å². The monoisotopic (exact) mass is 406 g/mol. The molecule has 0 aliphatic carbocycles. The van der Waals surface area contributed by atoms with Gasteiger partial charge >= 0.3 is 0 Å². The first-order chi connectivity index (χ1) is 14.7. The molecule has 6 nitrogen and oxygen atoms in total. The highest BCUT2D eigenvalue weighted by Crippen LogP contribution is 2.22. The number of hydrogen-bond donors (Lipinski definition) is 1. The minimum absolute atomic E-state index is 0.0245. The summed E-state index contributed by atoms with van der Waals surface area (Å²) in [4.78, 5) is 20.0. The summed E-state index contributed by atoms with van der Waals surface area (Å²) in [5, 5.41) is 3.11. The van der Waals surface area contributed by atoms with Crippen LogP contribution in [0.5, 0.6) is 5.75 Å². The number of imidazole rings is 1. The van der Waals surface area contributed by atoms with Crippen LogP contribution >= 0.6 is 0 Å². The van der Waals surface area contributed by atoms with Gasteiger partial charge in [0.1, 0.15) is 11.6 Å². The zero-order valence-electron chi connectivity index (χ0n) is 17.8. The summed E-state index contributed by atoms with van der Waals surface area (Å²) in [5.74, 6) is 2.07. The van der Waals surface area contributed by atoms with Gasteiger partial charge in [-0.1, -0.05) is 24.3 Å². The molecule has 1 aliphatic heterocycles. The summed E-state index contributed by atoms with van der Waals surface area (Å²) in [5.41, 5.74) is 3.30. The molecule has 158 valence electrons. The summed E-state index contributed by atoms with van der Waals surface area (Å²) < 4.78 is 7.47. The number of ether oxygens (including phenoxy) is 1. The van der Waals surface area contributed by atoms with Gasteiger partial charge in [0.25, 0.3) is 0 Å². The van der Waals surface area contributed by atoms with Crippen molar-refractivity contribution in [2.45, 2.75) is 39.4 Å². The Balaban J connectivity index is 1.36.